The zero-order chi connectivity index (χ0) is 31.5. The van der Waals surface area contributed by atoms with Gasteiger partial charge in [0.25, 0.3) is 0 Å². The van der Waals surface area contributed by atoms with Crippen LogP contribution in [0.5, 0.6) is 0 Å². The molecule has 1 aliphatic rings. The molecule has 44 heavy (non-hydrogen) atoms. The Morgan fingerprint density at radius 1 is 0.818 bits per heavy atom. The lowest BCUT2D eigenvalue weighted by molar-refractivity contribution is -0.166. The topological polar surface area (TPSA) is 150 Å². The minimum absolute atomic E-state index is 0.203. The highest BCUT2D eigenvalue weighted by molar-refractivity contribution is 5.78. The lowest BCUT2D eigenvalue weighted by Gasteiger charge is -2.23. The van der Waals surface area contributed by atoms with Crippen LogP contribution in [0.15, 0.2) is 25.0 Å². The summed E-state index contributed by atoms with van der Waals surface area (Å²) in [6.45, 7) is 5.80. The first-order valence-corrected chi connectivity index (χ1v) is 15.6. The van der Waals surface area contributed by atoms with Crippen molar-refractivity contribution in [2.75, 3.05) is 6.61 Å². The van der Waals surface area contributed by atoms with Gasteiger partial charge in [0.1, 0.15) is 24.9 Å². The Labute approximate surface area is 257 Å². The normalized spacial score (nSPS) is 19.7. The molecular weight excluding hydrogens is 568 g/mol. The van der Waals surface area contributed by atoms with Gasteiger partial charge in [-0.15, -0.1) is 0 Å². The molecule has 4 atom stereocenters. The first-order valence-electron chi connectivity index (χ1n) is 15.6. The largest absolute Gasteiger partial charge is 0.463 e. The van der Waals surface area contributed by atoms with Gasteiger partial charge in [-0.05, 0) is 6.42 Å². The second-order valence-corrected chi connectivity index (χ2v) is 11.2. The van der Waals surface area contributed by atoms with Gasteiger partial charge in [0, 0.05) is 39.6 Å². The van der Waals surface area contributed by atoms with Gasteiger partial charge in [-0.1, -0.05) is 64.7 Å². The van der Waals surface area contributed by atoms with Crippen molar-refractivity contribution in [1.29, 1.82) is 0 Å². The number of esters is 3. The van der Waals surface area contributed by atoms with E-state index in [1.54, 1.807) is 10.8 Å². The van der Waals surface area contributed by atoms with Crippen LogP contribution >= 0.6 is 0 Å². The molecule has 0 aromatic carbocycles. The van der Waals surface area contributed by atoms with Crippen molar-refractivity contribution in [2.24, 2.45) is 0 Å². The summed E-state index contributed by atoms with van der Waals surface area (Å²) in [7, 11) is 0. The van der Waals surface area contributed by atoms with E-state index in [1.807, 2.05) is 10.8 Å². The number of rotatable bonds is 17. The van der Waals surface area contributed by atoms with Crippen molar-refractivity contribution < 1.29 is 33.3 Å². The van der Waals surface area contributed by atoms with Crippen LogP contribution in [0.25, 0.3) is 17.0 Å². The van der Waals surface area contributed by atoms with E-state index in [-0.39, 0.29) is 6.61 Å². The molecule has 0 aliphatic carbocycles. The van der Waals surface area contributed by atoms with E-state index in [0.717, 1.165) is 25.1 Å². The van der Waals surface area contributed by atoms with Gasteiger partial charge in [0.2, 0.25) is 0 Å². The van der Waals surface area contributed by atoms with Crippen molar-refractivity contribution >= 4 is 29.1 Å². The Kier molecular flexibility index (Phi) is 12.2. The molecule has 0 unspecified atom stereocenters. The highest BCUT2D eigenvalue weighted by atomic mass is 16.7. The van der Waals surface area contributed by atoms with E-state index >= 15 is 0 Å². The van der Waals surface area contributed by atoms with E-state index in [4.69, 9.17) is 18.9 Å². The number of carbonyl (C=O) groups excluding carboxylic acids is 3. The number of ether oxygens (including phenoxy) is 4. The number of hydrogen-bond donors (Lipinski definition) is 0. The number of carbonyl (C=O) groups is 3. The molecular formula is C31H44N6O7. The molecule has 1 fully saturated rings. The minimum Gasteiger partial charge on any atom is -0.463 e. The predicted octanol–water partition coefficient (Wildman–Crippen LogP) is 4.80. The molecule has 1 aliphatic heterocycles. The smallest absolute Gasteiger partial charge is 0.303 e. The first kappa shape index (κ1) is 33.0. The predicted molar refractivity (Wildman–Crippen MR) is 160 cm³/mol. The van der Waals surface area contributed by atoms with E-state index in [1.165, 1.54) is 84.8 Å². The Morgan fingerprint density at radius 3 is 2.14 bits per heavy atom. The van der Waals surface area contributed by atoms with Crippen LogP contribution in [0.1, 0.15) is 104 Å². The second kappa shape index (κ2) is 16.3. The van der Waals surface area contributed by atoms with Crippen molar-refractivity contribution in [3.8, 4) is 5.82 Å². The lowest BCUT2D eigenvalue weighted by atomic mass is 10.1. The van der Waals surface area contributed by atoms with Crippen LogP contribution in [-0.2, 0) is 39.8 Å². The summed E-state index contributed by atoms with van der Waals surface area (Å²) in [6, 6.07) is 0. The fraction of sp³-hybridized carbons (Fsp3) is 0.645. The minimum atomic E-state index is -1.05. The van der Waals surface area contributed by atoms with Gasteiger partial charge in [-0.2, -0.15) is 0 Å². The van der Waals surface area contributed by atoms with Gasteiger partial charge < -0.3 is 18.9 Å². The summed E-state index contributed by atoms with van der Waals surface area (Å²) in [5.41, 5.74) is 0.915. The van der Waals surface area contributed by atoms with Gasteiger partial charge in [-0.3, -0.25) is 23.5 Å². The first-order chi connectivity index (χ1) is 21.3. The number of fused-ring (bicyclic) bond motifs is 1. The molecule has 0 spiro atoms. The van der Waals surface area contributed by atoms with E-state index in [0.29, 0.717) is 17.0 Å². The maximum atomic E-state index is 12.1. The van der Waals surface area contributed by atoms with Gasteiger partial charge in [0.05, 0.1) is 6.33 Å². The third-order valence-corrected chi connectivity index (χ3v) is 7.65. The number of unbranched alkanes of at least 4 members (excludes halogenated alkanes) is 9. The highest BCUT2D eigenvalue weighted by Gasteiger charge is 2.51. The van der Waals surface area contributed by atoms with Crippen LogP contribution < -0.4 is 0 Å². The number of hydrogen-bond acceptors (Lipinski definition) is 11. The van der Waals surface area contributed by atoms with Crippen LogP contribution in [0.2, 0.25) is 0 Å². The SMILES string of the molecule is CCCCCCCCCCCCc1nccn1-c1ncnc2c1ncn2[C@@H]1O[C@H](COC(C)=O)[C@@H](OC(C)=O)[C@H]1OC(C)=O. The number of imidazole rings is 2. The number of aromatic nitrogens is 6. The summed E-state index contributed by atoms with van der Waals surface area (Å²) >= 11 is 0. The van der Waals surface area contributed by atoms with E-state index < -0.39 is 42.4 Å². The lowest BCUT2D eigenvalue weighted by Crippen LogP contribution is -2.40. The van der Waals surface area contributed by atoms with Crippen molar-refractivity contribution in [1.82, 2.24) is 29.1 Å². The Morgan fingerprint density at radius 2 is 1.48 bits per heavy atom. The molecule has 3 aromatic rings. The molecule has 0 saturated carbocycles. The molecule has 3 aromatic heterocycles. The molecule has 13 nitrogen and oxygen atoms in total. The molecule has 0 radical (unpaired) electrons. The standard InChI is InChI=1S/C31H44N6O7/c1-5-6-7-8-9-10-11-12-13-14-15-25-32-16-17-36(25)29-26-30(34-19-33-29)37(20-35-26)31-28(43-23(4)40)27(42-22(3)39)24(44-31)18-41-21(2)38/h16-17,19-20,24,27-28,31H,5-15,18H2,1-4H3/t24-,27-,28-,31-/m1/s1. The third-order valence-electron chi connectivity index (χ3n) is 7.65. The molecule has 4 rings (SSSR count). The van der Waals surface area contributed by atoms with Gasteiger partial charge in [-0.25, -0.2) is 19.9 Å². The Hall–Kier alpha value is -3.87. The summed E-state index contributed by atoms with van der Waals surface area (Å²) < 4.78 is 25.9. The maximum Gasteiger partial charge on any atom is 0.303 e. The van der Waals surface area contributed by atoms with Crippen molar-refractivity contribution in [2.45, 2.75) is 123 Å². The average molecular weight is 613 g/mol. The molecule has 13 heteroatoms. The molecule has 0 bridgehead atoms. The quantitative estimate of drug-likeness (QED) is 0.117. The molecule has 4 heterocycles. The van der Waals surface area contributed by atoms with Crippen LogP contribution in [0.4, 0.5) is 0 Å². The molecule has 0 amide bonds. The summed E-state index contributed by atoms with van der Waals surface area (Å²) in [5, 5.41) is 0. The van der Waals surface area contributed by atoms with Gasteiger partial charge in [0.15, 0.2) is 35.4 Å². The summed E-state index contributed by atoms with van der Waals surface area (Å²) in [5.74, 6) is -0.279. The number of aryl methyl sites for hydroxylation is 1. The summed E-state index contributed by atoms with van der Waals surface area (Å²) in [4.78, 5) is 53.7. The van der Waals surface area contributed by atoms with Crippen LogP contribution in [0.3, 0.4) is 0 Å². The monoisotopic (exact) mass is 612 g/mol. The number of nitrogens with zero attached hydrogens (tertiary/aromatic N) is 6. The van der Waals surface area contributed by atoms with Gasteiger partial charge >= 0.3 is 17.9 Å². The zero-order valence-corrected chi connectivity index (χ0v) is 26.1. The fourth-order valence-electron chi connectivity index (χ4n) is 5.60. The third kappa shape index (κ3) is 8.61. The van der Waals surface area contributed by atoms with E-state index in [2.05, 4.69) is 26.9 Å². The Balaban J connectivity index is 1.49. The molecule has 240 valence electrons. The molecule has 1 saturated heterocycles. The second-order valence-electron chi connectivity index (χ2n) is 11.2. The van der Waals surface area contributed by atoms with E-state index in [9.17, 15) is 14.4 Å². The molecule has 0 N–H and O–H groups in total. The average Bonchev–Trinajstić information content (AvgIpc) is 3.70. The highest BCUT2D eigenvalue weighted by Crippen LogP contribution is 2.36. The zero-order valence-electron chi connectivity index (χ0n) is 26.1. The van der Waals surface area contributed by atoms with Crippen LogP contribution in [-0.4, -0.2) is 71.9 Å². The maximum absolute atomic E-state index is 12.1. The fourth-order valence-corrected chi connectivity index (χ4v) is 5.60. The van der Waals surface area contributed by atoms with Crippen molar-refractivity contribution in [3.63, 3.8) is 0 Å². The van der Waals surface area contributed by atoms with Crippen molar-refractivity contribution in [3.05, 3.63) is 30.9 Å². The van der Waals surface area contributed by atoms with Crippen LogP contribution in [0, 0.1) is 0 Å². The Bertz CT molecular complexity index is 1390. The summed E-state index contributed by atoms with van der Waals surface area (Å²) in [6.07, 6.45) is 16.0.